The van der Waals surface area contributed by atoms with Crippen molar-refractivity contribution in [2.24, 2.45) is 23.7 Å². The minimum absolute atomic E-state index is 0.00659. The number of Topliss-reactive ketones (excluding diaryl/α,β-unsaturated/α-hetero) is 1. The molecule has 8 fully saturated rings. The lowest BCUT2D eigenvalue weighted by Crippen LogP contribution is -2.61. The van der Waals surface area contributed by atoms with Crippen molar-refractivity contribution in [1.82, 2.24) is 0 Å². The fourth-order valence-corrected chi connectivity index (χ4v) is 12.6. The summed E-state index contributed by atoms with van der Waals surface area (Å²) in [6.45, 7) is 27.4. The average molecular weight is 926 g/mol. The van der Waals surface area contributed by atoms with Crippen LogP contribution in [0, 0.1) is 23.7 Å². The molecule has 11 nitrogen and oxygen atoms in total. The molecular weight excluding hydrogens is 848 g/mol. The summed E-state index contributed by atoms with van der Waals surface area (Å²) in [6.07, 6.45) is 5.60. The lowest BCUT2D eigenvalue weighted by Gasteiger charge is -2.47. The highest BCUT2D eigenvalue weighted by Gasteiger charge is 2.68. The largest absolute Gasteiger partial charge is 0.417 e. The van der Waals surface area contributed by atoms with Crippen molar-refractivity contribution in [1.29, 1.82) is 0 Å². The first-order chi connectivity index (χ1) is 28.3. The molecule has 8 saturated heterocycles. The Kier molecular flexibility index (Phi) is 15.1. The maximum atomic E-state index is 14.3. The number of hydrogen-bond donors (Lipinski definition) is 2. The molecule has 0 aliphatic carbocycles. The number of aliphatic hydroxyl groups is 2. The molecule has 2 unspecified atom stereocenters. The Bertz CT molecular complexity index is 1520. The molecule has 6 bridgehead atoms. The number of carbonyl (C=O) groups excluding carboxylic acids is 1. The van der Waals surface area contributed by atoms with Crippen LogP contribution in [0.3, 0.4) is 0 Å². The summed E-state index contributed by atoms with van der Waals surface area (Å²) in [6, 6.07) is 0. The van der Waals surface area contributed by atoms with E-state index in [0.717, 1.165) is 42.2 Å². The first-order valence-corrected chi connectivity index (χ1v) is 27.1. The normalized spacial score (nSPS) is 42.2. The van der Waals surface area contributed by atoms with E-state index in [2.05, 4.69) is 83.7 Å². The van der Waals surface area contributed by atoms with E-state index in [0.29, 0.717) is 69.8 Å². The number of halogens is 1. The van der Waals surface area contributed by atoms with Gasteiger partial charge < -0.3 is 47.8 Å². The van der Waals surface area contributed by atoms with Gasteiger partial charge in [-0.1, -0.05) is 70.6 Å². The second-order valence-electron chi connectivity index (χ2n) is 21.4. The van der Waals surface area contributed by atoms with Gasteiger partial charge in [0, 0.05) is 51.7 Å². The van der Waals surface area contributed by atoms with E-state index in [4.69, 9.17) is 37.6 Å². The third-order valence-electron chi connectivity index (χ3n) is 15.7. The molecule has 8 aliphatic heterocycles. The molecule has 0 spiro atoms. The molecule has 0 aromatic rings. The van der Waals surface area contributed by atoms with E-state index >= 15 is 0 Å². The predicted octanol–water partition coefficient (Wildman–Crippen LogP) is 8.32. The van der Waals surface area contributed by atoms with Crippen molar-refractivity contribution in [3.8, 4) is 0 Å². The fourth-order valence-electron chi connectivity index (χ4n) is 11.0. The Morgan fingerprint density at radius 3 is 2.40 bits per heavy atom. The van der Waals surface area contributed by atoms with Crippen LogP contribution in [0.25, 0.3) is 0 Å². The van der Waals surface area contributed by atoms with Crippen LogP contribution in [0.5, 0.6) is 0 Å². The van der Waals surface area contributed by atoms with Gasteiger partial charge in [0.1, 0.15) is 36.3 Å². The molecule has 0 radical (unpaired) electrons. The van der Waals surface area contributed by atoms with Gasteiger partial charge in [-0.05, 0) is 96.8 Å². The first-order valence-electron chi connectivity index (χ1n) is 23.4. The number of aliphatic hydroxyl groups excluding tert-OH is 2. The molecule has 0 aromatic carbocycles. The lowest BCUT2D eigenvalue weighted by molar-refractivity contribution is -0.292. The molecule has 8 rings (SSSR count). The summed E-state index contributed by atoms with van der Waals surface area (Å²) < 4.78 is 54.7. The molecule has 8 aliphatic rings. The van der Waals surface area contributed by atoms with Crippen LogP contribution < -0.4 is 0 Å². The monoisotopic (exact) mass is 924 g/mol. The number of carbonyl (C=O) groups is 1. The van der Waals surface area contributed by atoms with Gasteiger partial charge in [-0.25, -0.2) is 0 Å². The quantitative estimate of drug-likeness (QED) is 0.0959. The molecular formula is C47H77BrO11Si. The SMILES string of the molecule is C=C(Br)C[C@H](O)CC[C@@]12C[C@H]3O[C@H]4[C@@H](O1)[C@H]1OC(CC(=O)C[C@@H]5[C@@H](C)[C@@H](C[C@H](C)CO[Si](C)(C)C(C)(C)C)O[C@H]5CC5O[C@@H](CCCO)C[C@@H](C)C5=C)CC[C@@H]1O[C@H]4[C@H]3O2. The molecule has 0 saturated carbocycles. The van der Waals surface area contributed by atoms with Crippen LogP contribution in [0.1, 0.15) is 125 Å². The Morgan fingerprint density at radius 2 is 1.68 bits per heavy atom. The maximum absolute atomic E-state index is 14.3. The summed E-state index contributed by atoms with van der Waals surface area (Å²) in [5, 5.41) is 20.4. The van der Waals surface area contributed by atoms with Crippen molar-refractivity contribution in [3.63, 3.8) is 0 Å². The standard InChI is InChI=1S/C47H77BrO11Si/c1-26(25-52-60(9,10)46(6,7)8)18-37-30(5)35(39(55-37)23-38-29(4)27(2)19-33(53-38)12-11-17-49)22-32(51)21-34-13-14-36-41(54-34)45-44-43(56-36)42-40(57-44)24-47(58-42,59-45)16-15-31(50)20-28(3)48/h26-27,30-31,33-45,49-50H,3-4,11-25H2,1-2,5-10H3/t26-,27+,30+,31+,33-,34?,35+,36-,37+,38?,39-,40+,41-,42-,43-,44+,45-,47-/m0/s1. The van der Waals surface area contributed by atoms with Crippen LogP contribution in [0.4, 0.5) is 0 Å². The Labute approximate surface area is 369 Å². The maximum Gasteiger partial charge on any atom is 0.191 e. The molecule has 18 atom stereocenters. The van der Waals surface area contributed by atoms with Crippen molar-refractivity contribution in [2.45, 2.75) is 228 Å². The van der Waals surface area contributed by atoms with E-state index in [9.17, 15) is 15.0 Å². The smallest absolute Gasteiger partial charge is 0.191 e. The number of hydrogen-bond acceptors (Lipinski definition) is 11. The van der Waals surface area contributed by atoms with Gasteiger partial charge in [0.2, 0.25) is 0 Å². The van der Waals surface area contributed by atoms with Crippen molar-refractivity contribution < 1.29 is 52.6 Å². The van der Waals surface area contributed by atoms with Crippen LogP contribution in [0.2, 0.25) is 18.1 Å². The number of rotatable bonds is 19. The zero-order valence-corrected chi connectivity index (χ0v) is 40.4. The van der Waals surface area contributed by atoms with Gasteiger partial charge in [-0.2, -0.15) is 0 Å². The van der Waals surface area contributed by atoms with Crippen molar-refractivity contribution in [2.75, 3.05) is 13.2 Å². The van der Waals surface area contributed by atoms with Crippen molar-refractivity contribution >= 4 is 30.0 Å². The average Bonchev–Trinajstić information content (AvgIpc) is 3.71. The third kappa shape index (κ3) is 10.4. The van der Waals surface area contributed by atoms with E-state index < -0.39 is 20.2 Å². The molecule has 0 aromatic heterocycles. The molecule has 0 amide bonds. The van der Waals surface area contributed by atoms with Gasteiger partial charge in [0.05, 0.1) is 48.8 Å². The number of ketones is 1. The summed E-state index contributed by atoms with van der Waals surface area (Å²) >= 11 is 3.38. The van der Waals surface area contributed by atoms with Gasteiger partial charge in [-0.3, -0.25) is 4.79 Å². The molecule has 342 valence electrons. The minimum atomic E-state index is -1.90. The number of fused-ring (bicyclic) bond motifs is 1. The highest BCUT2D eigenvalue weighted by molar-refractivity contribution is 9.11. The van der Waals surface area contributed by atoms with E-state index in [-0.39, 0.29) is 103 Å². The van der Waals surface area contributed by atoms with Gasteiger partial charge in [0.15, 0.2) is 14.1 Å². The van der Waals surface area contributed by atoms with Crippen molar-refractivity contribution in [3.05, 3.63) is 23.2 Å². The van der Waals surface area contributed by atoms with Crippen LogP contribution in [-0.2, 0) is 42.4 Å². The van der Waals surface area contributed by atoms with Crippen LogP contribution in [0.15, 0.2) is 23.2 Å². The minimum Gasteiger partial charge on any atom is -0.417 e. The van der Waals surface area contributed by atoms with Gasteiger partial charge >= 0.3 is 0 Å². The number of ether oxygens (including phenoxy) is 7. The predicted molar refractivity (Wildman–Crippen MR) is 235 cm³/mol. The Hall–Kier alpha value is -0.553. The summed E-state index contributed by atoms with van der Waals surface area (Å²) in [7, 11) is -1.90. The second-order valence-corrected chi connectivity index (χ2v) is 27.4. The van der Waals surface area contributed by atoms with E-state index in [1.54, 1.807) is 0 Å². The topological polar surface area (TPSA) is 131 Å². The van der Waals surface area contributed by atoms with Crippen LogP contribution in [-0.4, -0.2) is 123 Å². The molecule has 60 heavy (non-hydrogen) atoms. The fraction of sp³-hybridized carbons (Fsp3) is 0.894. The summed E-state index contributed by atoms with van der Waals surface area (Å²) in [5.41, 5.74) is 1.10. The zero-order chi connectivity index (χ0) is 43.3. The third-order valence-corrected chi connectivity index (χ3v) is 20.5. The zero-order valence-electron chi connectivity index (χ0n) is 37.8. The molecule has 13 heteroatoms. The molecule has 8 heterocycles. The molecule has 2 N–H and O–H groups in total. The van der Waals surface area contributed by atoms with Gasteiger partial charge in [-0.15, -0.1) is 0 Å². The van der Waals surface area contributed by atoms with Crippen LogP contribution >= 0.6 is 15.9 Å². The first kappa shape index (κ1) is 47.4. The van der Waals surface area contributed by atoms with E-state index in [1.165, 1.54) is 0 Å². The highest BCUT2D eigenvalue weighted by atomic mass is 79.9. The summed E-state index contributed by atoms with van der Waals surface area (Å²) in [4.78, 5) is 14.3. The Balaban J connectivity index is 1.01. The Morgan fingerprint density at radius 1 is 0.967 bits per heavy atom. The summed E-state index contributed by atoms with van der Waals surface area (Å²) in [5.74, 6) is 0.157. The second kappa shape index (κ2) is 19.1. The van der Waals surface area contributed by atoms with E-state index in [1.807, 2.05) is 0 Å². The highest BCUT2D eigenvalue weighted by Crippen LogP contribution is 2.54. The van der Waals surface area contributed by atoms with Gasteiger partial charge in [0.25, 0.3) is 0 Å². The lowest BCUT2D eigenvalue weighted by atomic mass is 9.78.